The summed E-state index contributed by atoms with van der Waals surface area (Å²) in [7, 11) is 0. The van der Waals surface area contributed by atoms with Crippen LogP contribution >= 0.6 is 0 Å². The van der Waals surface area contributed by atoms with Crippen molar-refractivity contribution in [3.63, 3.8) is 0 Å². The largest absolute Gasteiger partial charge is 0.504 e. The summed E-state index contributed by atoms with van der Waals surface area (Å²) in [6.07, 6.45) is -7.54. The number of phenolic OH excluding ortho intramolecular Hbond substituents is 1. The molecule has 2 saturated carbocycles. The van der Waals surface area contributed by atoms with Gasteiger partial charge in [0.1, 0.15) is 35.8 Å². The van der Waals surface area contributed by atoms with Crippen molar-refractivity contribution in [1.29, 1.82) is 0 Å². The highest BCUT2D eigenvalue weighted by atomic mass is 16.7. The average molecular weight is 665 g/mol. The molecule has 12 heteroatoms. The lowest BCUT2D eigenvalue weighted by atomic mass is 9.41. The van der Waals surface area contributed by atoms with Gasteiger partial charge in [-0.3, -0.25) is 9.59 Å². The van der Waals surface area contributed by atoms with E-state index < -0.39 is 82.6 Å². The Morgan fingerprint density at radius 2 is 1.68 bits per heavy atom. The van der Waals surface area contributed by atoms with Crippen LogP contribution in [0.1, 0.15) is 90.3 Å². The lowest BCUT2D eigenvalue weighted by Gasteiger charge is -2.61. The number of ketones is 2. The van der Waals surface area contributed by atoms with E-state index in [1.165, 1.54) is 6.92 Å². The highest BCUT2D eigenvalue weighted by Gasteiger charge is 2.73. The van der Waals surface area contributed by atoms with E-state index in [0.717, 1.165) is 5.56 Å². The fourth-order valence-electron chi connectivity index (χ4n) is 9.82. The molecule has 4 aliphatic rings. The number of aliphatic hydroxyl groups is 7. The molecule has 1 heterocycles. The quantitative estimate of drug-likeness (QED) is 0.195. The number of Topliss-reactive ketones (excluding diaryl/α,β-unsaturated/α-hetero) is 2. The maximum atomic E-state index is 14.6. The number of phenols is 1. The molecule has 8 N–H and O–H groups in total. The number of benzene rings is 1. The van der Waals surface area contributed by atoms with E-state index in [9.17, 15) is 50.4 Å². The maximum absolute atomic E-state index is 14.6. The lowest BCUT2D eigenvalue weighted by Crippen LogP contribution is -2.63. The van der Waals surface area contributed by atoms with Crippen molar-refractivity contribution in [3.8, 4) is 11.5 Å². The second kappa shape index (κ2) is 11.7. The Labute approximate surface area is 275 Å². The van der Waals surface area contributed by atoms with Crippen LogP contribution in [0.2, 0.25) is 0 Å². The molecular weight excluding hydrogens is 612 g/mol. The van der Waals surface area contributed by atoms with Crippen molar-refractivity contribution in [1.82, 2.24) is 0 Å². The number of aromatic hydroxyl groups is 1. The number of hydrogen-bond acceptors (Lipinski definition) is 12. The molecule has 12 atom stereocenters. The molecule has 3 aliphatic carbocycles. The van der Waals surface area contributed by atoms with Crippen LogP contribution in [-0.2, 0) is 26.2 Å². The Bertz CT molecular complexity index is 1420. The summed E-state index contributed by atoms with van der Waals surface area (Å²) < 4.78 is 11.4. The number of fused-ring (bicyclic) bond motifs is 5. The van der Waals surface area contributed by atoms with Gasteiger partial charge in [0.15, 0.2) is 17.3 Å². The summed E-state index contributed by atoms with van der Waals surface area (Å²) in [4.78, 5) is 28.0. The van der Waals surface area contributed by atoms with E-state index in [0.29, 0.717) is 24.0 Å². The minimum absolute atomic E-state index is 0.0323. The summed E-state index contributed by atoms with van der Waals surface area (Å²) in [6.45, 7) is 11.4. The molecule has 1 aromatic rings. The van der Waals surface area contributed by atoms with Crippen LogP contribution in [0.3, 0.4) is 0 Å². The number of carbonyl (C=O) groups is 2. The molecule has 5 rings (SSSR count). The SMILES string of the molecule is Cc1c(O)c(OC2OC(CO)C(O)C(O)C2O)cc2c1CCC1C2(C)C(=O)CC2(C)C(C(C)(O)C(=O)CCC(C)(C)O)C(O)CC12C. The van der Waals surface area contributed by atoms with E-state index in [1.807, 2.05) is 20.8 Å². The highest BCUT2D eigenvalue weighted by molar-refractivity contribution is 5.94. The third kappa shape index (κ3) is 5.34. The highest BCUT2D eigenvalue weighted by Crippen LogP contribution is 2.72. The average Bonchev–Trinajstić information content (AvgIpc) is 3.19. The summed E-state index contributed by atoms with van der Waals surface area (Å²) in [5.74, 6) is -2.26. The topological polar surface area (TPSA) is 214 Å². The van der Waals surface area contributed by atoms with Gasteiger partial charge in [0.2, 0.25) is 6.29 Å². The van der Waals surface area contributed by atoms with Crippen molar-refractivity contribution >= 4 is 11.6 Å². The van der Waals surface area contributed by atoms with E-state index in [2.05, 4.69) is 0 Å². The number of aliphatic hydroxyl groups excluding tert-OH is 5. The normalized spacial score (nSPS) is 41.4. The van der Waals surface area contributed by atoms with Gasteiger partial charge in [-0.05, 0) is 99.8 Å². The van der Waals surface area contributed by atoms with E-state index in [1.54, 1.807) is 26.8 Å². The molecule has 0 spiro atoms. The van der Waals surface area contributed by atoms with Gasteiger partial charge in [-0.1, -0.05) is 13.8 Å². The molecule has 47 heavy (non-hydrogen) atoms. The molecule has 0 radical (unpaired) electrons. The van der Waals surface area contributed by atoms with Crippen LogP contribution in [0, 0.1) is 29.6 Å². The van der Waals surface area contributed by atoms with Crippen LogP contribution in [0.15, 0.2) is 6.07 Å². The molecule has 1 aliphatic heterocycles. The Kier molecular flexibility index (Phi) is 9.01. The van der Waals surface area contributed by atoms with Gasteiger partial charge < -0.3 is 50.3 Å². The predicted molar refractivity (Wildman–Crippen MR) is 168 cm³/mol. The summed E-state index contributed by atoms with van der Waals surface area (Å²) in [6, 6.07) is 1.55. The zero-order valence-corrected chi connectivity index (χ0v) is 28.4. The van der Waals surface area contributed by atoms with Gasteiger partial charge in [-0.25, -0.2) is 0 Å². The van der Waals surface area contributed by atoms with Crippen molar-refractivity contribution < 1.29 is 59.9 Å². The molecule has 1 aromatic carbocycles. The van der Waals surface area contributed by atoms with E-state index in [4.69, 9.17) is 9.47 Å². The molecule has 0 amide bonds. The smallest absolute Gasteiger partial charge is 0.229 e. The van der Waals surface area contributed by atoms with Crippen LogP contribution < -0.4 is 4.74 Å². The Hall–Kier alpha value is -2.16. The standard InChI is InChI=1S/C35H52O12/c1-16-17-8-9-22-32(4)13-19(37)29(35(7,45)23(38)10-11-31(2,3)44)33(32,5)14-24(39)34(22,6)18(17)12-20(25(16)40)46-30-28(43)27(42)26(41)21(15-36)47-30/h12,19,21-22,26-30,36-37,40-45H,8-11,13-15H2,1-7H3. The second-order valence-corrected chi connectivity index (χ2v) is 16.1. The van der Waals surface area contributed by atoms with Gasteiger partial charge in [0, 0.05) is 18.8 Å². The first-order valence-electron chi connectivity index (χ1n) is 16.6. The third-order valence-corrected chi connectivity index (χ3v) is 12.7. The van der Waals surface area contributed by atoms with Crippen molar-refractivity contribution in [2.75, 3.05) is 6.61 Å². The Balaban J connectivity index is 1.53. The first-order valence-corrected chi connectivity index (χ1v) is 16.6. The van der Waals surface area contributed by atoms with Crippen LogP contribution in [-0.4, -0.2) is 107 Å². The zero-order chi connectivity index (χ0) is 35.2. The number of ether oxygens (including phenoxy) is 2. The fraction of sp³-hybridized carbons (Fsp3) is 0.771. The summed E-state index contributed by atoms with van der Waals surface area (Å²) in [5.41, 5.74) is -3.99. The minimum atomic E-state index is -1.95. The zero-order valence-electron chi connectivity index (χ0n) is 28.4. The molecule has 12 nitrogen and oxygen atoms in total. The maximum Gasteiger partial charge on any atom is 0.229 e. The molecule has 0 aromatic heterocycles. The molecular formula is C35H52O12. The van der Waals surface area contributed by atoms with Crippen molar-refractivity contribution in [2.45, 2.75) is 140 Å². The number of hydrogen-bond donors (Lipinski definition) is 8. The summed E-state index contributed by atoms with van der Waals surface area (Å²) >= 11 is 0. The third-order valence-electron chi connectivity index (χ3n) is 12.7. The van der Waals surface area contributed by atoms with Gasteiger partial charge in [-0.15, -0.1) is 0 Å². The van der Waals surface area contributed by atoms with E-state index in [-0.39, 0.29) is 48.9 Å². The van der Waals surface area contributed by atoms with Crippen LogP contribution in [0.5, 0.6) is 11.5 Å². The molecule has 1 saturated heterocycles. The molecule has 264 valence electrons. The molecule has 0 bridgehead atoms. The number of carbonyl (C=O) groups excluding carboxylic acids is 2. The number of rotatable bonds is 8. The van der Waals surface area contributed by atoms with Crippen LogP contribution in [0.4, 0.5) is 0 Å². The summed E-state index contributed by atoms with van der Waals surface area (Å²) in [5, 5.41) is 85.5. The molecule has 3 fully saturated rings. The first kappa shape index (κ1) is 36.1. The Morgan fingerprint density at radius 3 is 2.28 bits per heavy atom. The predicted octanol–water partition coefficient (Wildman–Crippen LogP) is 0.937. The van der Waals surface area contributed by atoms with Crippen molar-refractivity contribution in [2.24, 2.45) is 22.7 Å². The van der Waals surface area contributed by atoms with Gasteiger partial charge in [0.05, 0.1) is 23.7 Å². The second-order valence-electron chi connectivity index (χ2n) is 16.1. The van der Waals surface area contributed by atoms with Gasteiger partial charge >= 0.3 is 0 Å². The van der Waals surface area contributed by atoms with Crippen LogP contribution in [0.25, 0.3) is 0 Å². The lowest BCUT2D eigenvalue weighted by molar-refractivity contribution is -0.277. The van der Waals surface area contributed by atoms with Gasteiger partial charge in [0.25, 0.3) is 0 Å². The minimum Gasteiger partial charge on any atom is -0.504 e. The fourth-order valence-corrected chi connectivity index (χ4v) is 9.82. The van der Waals surface area contributed by atoms with Crippen molar-refractivity contribution in [3.05, 3.63) is 22.8 Å². The first-order chi connectivity index (χ1) is 21.6. The van der Waals surface area contributed by atoms with E-state index >= 15 is 0 Å². The molecule has 12 unspecified atom stereocenters. The van der Waals surface area contributed by atoms with Gasteiger partial charge in [-0.2, -0.15) is 0 Å². The monoisotopic (exact) mass is 664 g/mol. The Morgan fingerprint density at radius 1 is 1.04 bits per heavy atom.